The zero-order valence-corrected chi connectivity index (χ0v) is 13.8. The number of aromatic nitrogens is 2. The van der Waals surface area contributed by atoms with Gasteiger partial charge in [-0.2, -0.15) is 0 Å². The fourth-order valence-corrected chi connectivity index (χ4v) is 2.90. The van der Waals surface area contributed by atoms with E-state index in [0.717, 1.165) is 37.3 Å². The number of halogens is 1. The molecule has 0 bridgehead atoms. The average molecular weight is 347 g/mol. The van der Waals surface area contributed by atoms with E-state index in [4.69, 9.17) is 17.3 Å². The molecule has 4 N–H and O–H groups in total. The van der Waals surface area contributed by atoms with Gasteiger partial charge in [0.1, 0.15) is 0 Å². The number of carbonyl (C=O) groups excluding carboxylic acids is 1. The lowest BCUT2D eigenvalue weighted by atomic mass is 10.0. The number of nitrogen functional groups attached to an aromatic ring is 1. The third-order valence-electron chi connectivity index (χ3n) is 3.97. The molecule has 0 spiro atoms. The largest absolute Gasteiger partial charge is 0.380 e. The number of hydrogen-bond donors (Lipinski definition) is 3. The molecule has 3 rings (SSSR count). The van der Waals surface area contributed by atoms with Crippen LogP contribution < -0.4 is 21.3 Å². The summed E-state index contributed by atoms with van der Waals surface area (Å²) >= 11 is 5.89. The average Bonchev–Trinajstić information content (AvgIpc) is 2.59. The lowest BCUT2D eigenvalue weighted by Crippen LogP contribution is -2.46. The molecule has 126 valence electrons. The topological polar surface area (TPSA) is 96.2 Å². The molecule has 0 atom stereocenters. The smallest absolute Gasteiger partial charge is 0.319 e. The predicted octanol–water partition coefficient (Wildman–Crippen LogP) is 2.50. The Morgan fingerprint density at radius 3 is 2.62 bits per heavy atom. The van der Waals surface area contributed by atoms with Crippen molar-refractivity contribution in [1.29, 1.82) is 0 Å². The van der Waals surface area contributed by atoms with Crippen molar-refractivity contribution in [2.24, 2.45) is 0 Å². The maximum absolute atomic E-state index is 12.0. The van der Waals surface area contributed by atoms with Crippen molar-refractivity contribution in [3.63, 3.8) is 0 Å². The number of hydrogen-bond acceptors (Lipinski definition) is 5. The van der Waals surface area contributed by atoms with Crippen LogP contribution in [0, 0.1) is 0 Å². The van der Waals surface area contributed by atoms with Gasteiger partial charge < -0.3 is 21.3 Å². The number of urea groups is 1. The van der Waals surface area contributed by atoms with Crippen LogP contribution in [0.5, 0.6) is 0 Å². The zero-order valence-electron chi connectivity index (χ0n) is 13.1. The number of rotatable bonds is 3. The SMILES string of the molecule is Nc1nnc(Cl)cc1N1CCC(NC(=O)Nc2ccccc2)CC1. The number of piperidine rings is 1. The Bertz CT molecular complexity index is 703. The molecule has 0 radical (unpaired) electrons. The van der Waals surface area contributed by atoms with Crippen molar-refractivity contribution >= 4 is 34.8 Å². The summed E-state index contributed by atoms with van der Waals surface area (Å²) in [6.07, 6.45) is 1.64. The summed E-state index contributed by atoms with van der Waals surface area (Å²) in [5.41, 5.74) is 7.44. The Morgan fingerprint density at radius 1 is 1.21 bits per heavy atom. The maximum atomic E-state index is 12.0. The number of benzene rings is 1. The van der Waals surface area contributed by atoms with Gasteiger partial charge in [0.2, 0.25) is 0 Å². The highest BCUT2D eigenvalue weighted by Crippen LogP contribution is 2.26. The van der Waals surface area contributed by atoms with Gasteiger partial charge in [0.05, 0.1) is 5.69 Å². The van der Waals surface area contributed by atoms with Crippen LogP contribution in [0.15, 0.2) is 36.4 Å². The Morgan fingerprint density at radius 2 is 1.92 bits per heavy atom. The second kappa shape index (κ2) is 7.35. The van der Waals surface area contributed by atoms with Crippen LogP contribution in [0.1, 0.15) is 12.8 Å². The number of anilines is 3. The molecule has 1 aliphatic rings. The predicted molar refractivity (Wildman–Crippen MR) is 95.3 cm³/mol. The number of para-hydroxylation sites is 1. The molecule has 2 amide bonds. The van der Waals surface area contributed by atoms with Crippen LogP contribution in [0.2, 0.25) is 5.15 Å². The highest BCUT2D eigenvalue weighted by Gasteiger charge is 2.22. The van der Waals surface area contributed by atoms with Gasteiger partial charge in [-0.05, 0) is 25.0 Å². The number of nitrogens with zero attached hydrogens (tertiary/aromatic N) is 3. The van der Waals surface area contributed by atoms with Gasteiger partial charge in [0.15, 0.2) is 11.0 Å². The van der Waals surface area contributed by atoms with Gasteiger partial charge in [-0.1, -0.05) is 29.8 Å². The number of amides is 2. The number of nitrogens with one attached hydrogen (secondary N) is 2. The Labute approximate surface area is 145 Å². The van der Waals surface area contributed by atoms with Crippen LogP contribution >= 0.6 is 11.6 Å². The van der Waals surface area contributed by atoms with Crippen molar-refractivity contribution in [2.75, 3.05) is 29.0 Å². The molecule has 1 aliphatic heterocycles. The first-order chi connectivity index (χ1) is 11.6. The normalized spacial score (nSPS) is 15.1. The van der Waals surface area contributed by atoms with Crippen molar-refractivity contribution in [3.05, 3.63) is 41.6 Å². The van der Waals surface area contributed by atoms with Gasteiger partial charge in [0.25, 0.3) is 0 Å². The van der Waals surface area contributed by atoms with Gasteiger partial charge in [-0.3, -0.25) is 0 Å². The Hall–Kier alpha value is -2.54. The minimum atomic E-state index is -0.187. The highest BCUT2D eigenvalue weighted by molar-refractivity contribution is 6.29. The van der Waals surface area contributed by atoms with E-state index >= 15 is 0 Å². The second-order valence-corrected chi connectivity index (χ2v) is 6.05. The van der Waals surface area contributed by atoms with Gasteiger partial charge in [-0.15, -0.1) is 10.2 Å². The summed E-state index contributed by atoms with van der Waals surface area (Å²) in [4.78, 5) is 14.2. The lowest BCUT2D eigenvalue weighted by Gasteiger charge is -2.34. The molecule has 2 aromatic rings. The molecule has 1 saturated heterocycles. The molecule has 1 fully saturated rings. The monoisotopic (exact) mass is 346 g/mol. The molecular formula is C16H19ClN6O. The van der Waals surface area contributed by atoms with Crippen molar-refractivity contribution in [1.82, 2.24) is 15.5 Å². The van der Waals surface area contributed by atoms with Crippen molar-refractivity contribution in [3.8, 4) is 0 Å². The van der Waals surface area contributed by atoms with Crippen molar-refractivity contribution in [2.45, 2.75) is 18.9 Å². The summed E-state index contributed by atoms with van der Waals surface area (Å²) in [5, 5.41) is 13.7. The Kier molecular flexibility index (Phi) is 5.00. The van der Waals surface area contributed by atoms with Crippen LogP contribution in [0.4, 0.5) is 22.0 Å². The van der Waals surface area contributed by atoms with E-state index in [2.05, 4.69) is 25.7 Å². The minimum Gasteiger partial charge on any atom is -0.380 e. The minimum absolute atomic E-state index is 0.122. The van der Waals surface area contributed by atoms with Crippen LogP contribution in [0.25, 0.3) is 0 Å². The highest BCUT2D eigenvalue weighted by atomic mass is 35.5. The molecule has 0 saturated carbocycles. The quantitative estimate of drug-likeness (QED) is 0.793. The summed E-state index contributed by atoms with van der Waals surface area (Å²) in [6.45, 7) is 1.53. The van der Waals surface area contributed by atoms with E-state index < -0.39 is 0 Å². The number of carbonyl (C=O) groups is 1. The molecule has 0 unspecified atom stereocenters. The van der Waals surface area contributed by atoms with Crippen LogP contribution in [-0.2, 0) is 0 Å². The summed E-state index contributed by atoms with van der Waals surface area (Å²) in [7, 11) is 0. The maximum Gasteiger partial charge on any atom is 0.319 e. The molecule has 1 aromatic carbocycles. The Balaban J connectivity index is 1.52. The first-order valence-electron chi connectivity index (χ1n) is 7.78. The van der Waals surface area contributed by atoms with Crippen LogP contribution in [0.3, 0.4) is 0 Å². The fraction of sp³-hybridized carbons (Fsp3) is 0.312. The molecule has 8 heteroatoms. The van der Waals surface area contributed by atoms with Crippen LogP contribution in [-0.4, -0.2) is 35.4 Å². The summed E-state index contributed by atoms with van der Waals surface area (Å²) in [5.74, 6) is 0.368. The lowest BCUT2D eigenvalue weighted by molar-refractivity contribution is 0.246. The molecule has 1 aromatic heterocycles. The summed E-state index contributed by atoms with van der Waals surface area (Å²) in [6, 6.07) is 11.0. The van der Waals surface area contributed by atoms with Gasteiger partial charge in [0, 0.05) is 30.9 Å². The number of nitrogens with two attached hydrogens (primary N) is 1. The molecular weight excluding hydrogens is 328 g/mol. The standard InChI is InChI=1S/C16H19ClN6O/c17-14-10-13(15(18)22-21-14)23-8-6-12(7-9-23)20-16(24)19-11-4-2-1-3-5-11/h1-5,10,12H,6-9H2,(H2,18,22)(H2,19,20,24). The van der Waals surface area contributed by atoms with E-state index in [1.54, 1.807) is 6.07 Å². The first-order valence-corrected chi connectivity index (χ1v) is 8.16. The van der Waals surface area contributed by atoms with E-state index in [0.29, 0.717) is 11.0 Å². The summed E-state index contributed by atoms with van der Waals surface area (Å²) < 4.78 is 0. The molecule has 7 nitrogen and oxygen atoms in total. The van der Waals surface area contributed by atoms with E-state index in [1.807, 2.05) is 30.3 Å². The molecule has 2 heterocycles. The third kappa shape index (κ3) is 4.05. The van der Waals surface area contributed by atoms with E-state index in [9.17, 15) is 4.79 Å². The van der Waals surface area contributed by atoms with E-state index in [-0.39, 0.29) is 12.1 Å². The zero-order chi connectivity index (χ0) is 16.9. The first kappa shape index (κ1) is 16.3. The second-order valence-electron chi connectivity index (χ2n) is 5.66. The van der Waals surface area contributed by atoms with E-state index in [1.165, 1.54) is 0 Å². The van der Waals surface area contributed by atoms with Gasteiger partial charge >= 0.3 is 6.03 Å². The van der Waals surface area contributed by atoms with Gasteiger partial charge in [-0.25, -0.2) is 4.79 Å². The van der Waals surface area contributed by atoms with Crippen molar-refractivity contribution < 1.29 is 4.79 Å². The molecule has 24 heavy (non-hydrogen) atoms. The molecule has 0 aliphatic carbocycles. The fourth-order valence-electron chi connectivity index (χ4n) is 2.76. The third-order valence-corrected chi connectivity index (χ3v) is 4.16.